The van der Waals surface area contributed by atoms with Crippen LogP contribution in [0.15, 0.2) is 29.4 Å². The third-order valence-electron chi connectivity index (χ3n) is 5.46. The number of hydrogen-bond acceptors (Lipinski definition) is 6. The fourth-order valence-corrected chi connectivity index (χ4v) is 4.98. The van der Waals surface area contributed by atoms with Crippen molar-refractivity contribution in [1.29, 1.82) is 0 Å². The number of hydrogen-bond donors (Lipinski definition) is 1. The van der Waals surface area contributed by atoms with Gasteiger partial charge in [0.1, 0.15) is 17.3 Å². The number of benzene rings is 1. The second kappa shape index (κ2) is 9.05. The Morgan fingerprint density at radius 3 is 2.50 bits per heavy atom. The molecule has 2 aromatic rings. The summed E-state index contributed by atoms with van der Waals surface area (Å²) in [5.41, 5.74) is 0.815. The Morgan fingerprint density at radius 1 is 1.23 bits per heavy atom. The number of methoxy groups -OCH3 is 2. The molecule has 1 aliphatic heterocycles. The van der Waals surface area contributed by atoms with Crippen LogP contribution < -0.4 is 14.8 Å². The van der Waals surface area contributed by atoms with Crippen LogP contribution in [0.5, 0.6) is 11.5 Å². The zero-order chi connectivity index (χ0) is 21.9. The number of nitrogens with zero attached hydrogens (tertiary/aromatic N) is 3. The second-order valence-electron chi connectivity index (χ2n) is 7.31. The lowest BCUT2D eigenvalue weighted by Crippen LogP contribution is -2.43. The Kier molecular flexibility index (Phi) is 6.67. The Labute approximate surface area is 177 Å². The third-order valence-corrected chi connectivity index (χ3v) is 7.23. The molecular weight excluding hydrogens is 408 g/mol. The van der Waals surface area contributed by atoms with E-state index < -0.39 is 10.0 Å². The highest BCUT2D eigenvalue weighted by molar-refractivity contribution is 7.89. The number of nitrogens with one attached hydrogen (secondary N) is 1. The molecule has 2 heterocycles. The molecule has 0 atom stereocenters. The van der Waals surface area contributed by atoms with Crippen LogP contribution in [-0.4, -0.2) is 55.5 Å². The van der Waals surface area contributed by atoms with Gasteiger partial charge in [-0.15, -0.1) is 0 Å². The minimum atomic E-state index is -3.65. The van der Waals surface area contributed by atoms with E-state index in [1.165, 1.54) is 10.5 Å². The van der Waals surface area contributed by atoms with Crippen LogP contribution in [0, 0.1) is 12.8 Å². The zero-order valence-corrected chi connectivity index (χ0v) is 18.5. The number of amides is 1. The molecule has 1 aliphatic rings. The Hall–Kier alpha value is -2.59. The van der Waals surface area contributed by atoms with Gasteiger partial charge in [0.25, 0.3) is 10.0 Å². The number of piperidine rings is 1. The van der Waals surface area contributed by atoms with E-state index in [1.54, 1.807) is 44.9 Å². The minimum Gasteiger partial charge on any atom is -0.497 e. The van der Waals surface area contributed by atoms with Gasteiger partial charge in [-0.05, 0) is 38.0 Å². The standard InChI is InChI=1S/C20H28N4O5S/c1-14-22-19(13-23(14)2)30(26,27)24-9-7-15(8-10-24)20(25)21-12-16-11-17(28-3)5-6-18(16)29-4/h5-6,11,13,15H,7-10,12H2,1-4H3,(H,21,25). The summed E-state index contributed by atoms with van der Waals surface area (Å²) in [5, 5.41) is 2.98. The van der Waals surface area contributed by atoms with Gasteiger partial charge >= 0.3 is 0 Å². The zero-order valence-electron chi connectivity index (χ0n) is 17.7. The lowest BCUT2D eigenvalue weighted by Gasteiger charge is -2.30. The molecule has 0 spiro atoms. The number of imidazole rings is 1. The van der Waals surface area contributed by atoms with Gasteiger partial charge in [0.15, 0.2) is 5.03 Å². The maximum atomic E-state index is 12.8. The van der Waals surface area contributed by atoms with Crippen molar-refractivity contribution in [3.05, 3.63) is 35.8 Å². The van der Waals surface area contributed by atoms with Gasteiger partial charge in [0.05, 0.1) is 14.2 Å². The van der Waals surface area contributed by atoms with Gasteiger partial charge in [-0.2, -0.15) is 4.31 Å². The fraction of sp³-hybridized carbons (Fsp3) is 0.500. The molecule has 1 amide bonds. The van der Waals surface area contributed by atoms with Crippen molar-refractivity contribution >= 4 is 15.9 Å². The van der Waals surface area contributed by atoms with E-state index in [4.69, 9.17) is 9.47 Å². The maximum absolute atomic E-state index is 12.8. The molecule has 30 heavy (non-hydrogen) atoms. The number of sulfonamides is 1. The van der Waals surface area contributed by atoms with Crippen LogP contribution >= 0.6 is 0 Å². The SMILES string of the molecule is COc1ccc(OC)c(CNC(=O)C2CCN(S(=O)(=O)c3cn(C)c(C)n3)CC2)c1. The van der Waals surface area contributed by atoms with E-state index in [9.17, 15) is 13.2 Å². The van der Waals surface area contributed by atoms with E-state index in [0.29, 0.717) is 49.8 Å². The molecule has 10 heteroatoms. The normalized spacial score (nSPS) is 15.7. The van der Waals surface area contributed by atoms with Crippen molar-refractivity contribution in [1.82, 2.24) is 19.2 Å². The van der Waals surface area contributed by atoms with Gasteiger partial charge in [-0.3, -0.25) is 4.79 Å². The molecule has 164 valence electrons. The first kappa shape index (κ1) is 22.1. The first-order valence-electron chi connectivity index (χ1n) is 9.75. The number of ether oxygens (including phenoxy) is 2. The van der Waals surface area contributed by atoms with Gasteiger partial charge in [0.2, 0.25) is 5.91 Å². The number of aromatic nitrogens is 2. The monoisotopic (exact) mass is 436 g/mol. The van der Waals surface area contributed by atoms with Gasteiger partial charge < -0.3 is 19.4 Å². The maximum Gasteiger partial charge on any atom is 0.262 e. The molecule has 1 fully saturated rings. The molecular formula is C20H28N4O5S. The summed E-state index contributed by atoms with van der Waals surface area (Å²) < 4.78 is 39.2. The molecule has 1 aromatic carbocycles. The summed E-state index contributed by atoms with van der Waals surface area (Å²) in [6.07, 6.45) is 2.45. The molecule has 1 N–H and O–H groups in total. The van der Waals surface area contributed by atoms with E-state index in [2.05, 4.69) is 10.3 Å². The number of carbonyl (C=O) groups excluding carboxylic acids is 1. The molecule has 3 rings (SSSR count). The molecule has 0 saturated carbocycles. The number of carbonyl (C=O) groups is 1. The predicted molar refractivity (Wildman–Crippen MR) is 111 cm³/mol. The average molecular weight is 437 g/mol. The van der Waals surface area contributed by atoms with E-state index in [0.717, 1.165) is 5.56 Å². The fourth-order valence-electron chi connectivity index (χ4n) is 3.49. The lowest BCUT2D eigenvalue weighted by atomic mass is 9.97. The van der Waals surface area contributed by atoms with Gasteiger partial charge in [-0.25, -0.2) is 13.4 Å². The summed E-state index contributed by atoms with van der Waals surface area (Å²) >= 11 is 0. The van der Waals surface area contributed by atoms with Crippen LogP contribution in [0.1, 0.15) is 24.2 Å². The molecule has 9 nitrogen and oxygen atoms in total. The third kappa shape index (κ3) is 4.59. The Morgan fingerprint density at radius 2 is 1.93 bits per heavy atom. The Balaban J connectivity index is 1.58. The van der Waals surface area contributed by atoms with Crippen molar-refractivity contribution in [2.75, 3.05) is 27.3 Å². The average Bonchev–Trinajstić information content (AvgIpc) is 3.11. The summed E-state index contributed by atoms with van der Waals surface area (Å²) in [7, 11) is 1.27. The smallest absolute Gasteiger partial charge is 0.262 e. The van der Waals surface area contributed by atoms with Gasteiger partial charge in [0, 0.05) is 44.4 Å². The topological polar surface area (TPSA) is 103 Å². The second-order valence-corrected chi connectivity index (χ2v) is 9.20. The van der Waals surface area contributed by atoms with Crippen LogP contribution in [0.25, 0.3) is 0 Å². The van der Waals surface area contributed by atoms with E-state index in [-0.39, 0.29) is 16.9 Å². The highest BCUT2D eigenvalue weighted by atomic mass is 32.2. The van der Waals surface area contributed by atoms with Crippen molar-refractivity contribution in [3.63, 3.8) is 0 Å². The van der Waals surface area contributed by atoms with Crippen LogP contribution in [0.4, 0.5) is 0 Å². The van der Waals surface area contributed by atoms with Crippen LogP contribution in [-0.2, 0) is 28.4 Å². The lowest BCUT2D eigenvalue weighted by molar-refractivity contribution is -0.126. The number of aryl methyl sites for hydroxylation is 2. The first-order chi connectivity index (χ1) is 14.3. The Bertz CT molecular complexity index is 991. The van der Waals surface area contributed by atoms with Crippen molar-refractivity contribution < 1.29 is 22.7 Å². The van der Waals surface area contributed by atoms with Crippen molar-refractivity contribution in [3.8, 4) is 11.5 Å². The predicted octanol–water partition coefficient (Wildman–Crippen LogP) is 1.46. The molecule has 1 saturated heterocycles. The van der Waals surface area contributed by atoms with E-state index in [1.807, 2.05) is 6.07 Å². The molecule has 0 radical (unpaired) electrons. The summed E-state index contributed by atoms with van der Waals surface area (Å²) in [6, 6.07) is 5.41. The van der Waals surface area contributed by atoms with E-state index >= 15 is 0 Å². The summed E-state index contributed by atoms with van der Waals surface area (Å²) in [4.78, 5) is 16.8. The largest absolute Gasteiger partial charge is 0.497 e. The van der Waals surface area contributed by atoms with Gasteiger partial charge in [-0.1, -0.05) is 0 Å². The molecule has 0 aliphatic carbocycles. The first-order valence-corrected chi connectivity index (χ1v) is 11.2. The summed E-state index contributed by atoms with van der Waals surface area (Å²) in [5.74, 6) is 1.66. The highest BCUT2D eigenvalue weighted by Crippen LogP contribution is 2.26. The molecule has 0 unspecified atom stereocenters. The molecule has 0 bridgehead atoms. The van der Waals surface area contributed by atoms with Crippen LogP contribution in [0.3, 0.4) is 0 Å². The molecule has 1 aromatic heterocycles. The minimum absolute atomic E-state index is 0.0514. The van der Waals surface area contributed by atoms with Crippen LogP contribution in [0.2, 0.25) is 0 Å². The van der Waals surface area contributed by atoms with Crippen molar-refractivity contribution in [2.45, 2.75) is 31.3 Å². The van der Waals surface area contributed by atoms with Crippen molar-refractivity contribution in [2.24, 2.45) is 13.0 Å². The quantitative estimate of drug-likeness (QED) is 0.705. The number of rotatable bonds is 7. The highest BCUT2D eigenvalue weighted by Gasteiger charge is 2.33. The summed E-state index contributed by atoms with van der Waals surface area (Å²) in [6.45, 7) is 2.65.